The zero-order valence-electron chi connectivity index (χ0n) is 16.1. The van der Waals surface area contributed by atoms with Crippen LogP contribution < -0.4 is 0 Å². The van der Waals surface area contributed by atoms with E-state index in [0.717, 1.165) is 51.4 Å². The lowest BCUT2D eigenvalue weighted by molar-refractivity contribution is -0.135. The number of rotatable bonds is 6. The van der Waals surface area contributed by atoms with Crippen molar-refractivity contribution < 1.29 is 4.79 Å². The number of fused-ring (bicyclic) bond motifs is 4. The number of hydrogen-bond donors (Lipinski definition) is 0. The number of carbonyl (C=O) groups is 1. The Kier molecular flexibility index (Phi) is 5.53. The Balaban J connectivity index is 1.37. The molecule has 3 saturated heterocycles. The van der Waals surface area contributed by atoms with Crippen molar-refractivity contribution in [2.45, 2.75) is 51.7 Å². The number of pyridine rings is 1. The Morgan fingerprint density at radius 3 is 2.96 bits per heavy atom. The highest BCUT2D eigenvalue weighted by atomic mass is 16.2. The smallest absolute Gasteiger partial charge is 0.224 e. The van der Waals surface area contributed by atoms with Gasteiger partial charge in [-0.05, 0) is 30.4 Å². The Labute approximate surface area is 161 Å². The van der Waals surface area contributed by atoms with Crippen LogP contribution in [0.3, 0.4) is 0 Å². The Hall–Kier alpha value is -2.21. The molecule has 0 unspecified atom stereocenters. The summed E-state index contributed by atoms with van der Waals surface area (Å²) in [5.74, 6) is 1.94. The molecule has 6 heteroatoms. The third-order valence-corrected chi connectivity index (χ3v) is 5.92. The van der Waals surface area contributed by atoms with Crippen LogP contribution in [0, 0.1) is 5.92 Å². The monoisotopic (exact) mass is 367 g/mol. The molecule has 5 rings (SSSR count). The van der Waals surface area contributed by atoms with Gasteiger partial charge in [0, 0.05) is 76.4 Å². The van der Waals surface area contributed by atoms with E-state index >= 15 is 0 Å². The molecule has 0 aliphatic carbocycles. The highest BCUT2D eigenvalue weighted by Gasteiger charge is 2.36. The fourth-order valence-corrected chi connectivity index (χ4v) is 4.58. The van der Waals surface area contributed by atoms with Crippen LogP contribution in [0.5, 0.6) is 0 Å². The maximum atomic E-state index is 13.0. The third-order valence-electron chi connectivity index (χ3n) is 5.92. The van der Waals surface area contributed by atoms with Crippen molar-refractivity contribution in [1.29, 1.82) is 0 Å². The summed E-state index contributed by atoms with van der Waals surface area (Å²) in [6.07, 6.45) is 11.4. The number of aromatic nitrogens is 3. The number of piperidine rings is 1. The van der Waals surface area contributed by atoms with Gasteiger partial charge in [0.25, 0.3) is 0 Å². The topological polar surface area (TPSA) is 54.3 Å². The standard InChI is InChI=1S/C21H29N5O/c1-2-20-23-9-11-25(20)10-7-21(27)26-15-18-5-6-19(26)16-24(14-18)13-17-4-3-8-22-12-17/h3-4,8-9,11-12,18-19H,2,5-7,10,13-16H2,1H3/t18-,19+/m1/s1. The highest BCUT2D eigenvalue weighted by molar-refractivity contribution is 5.76. The Morgan fingerprint density at radius 2 is 2.15 bits per heavy atom. The summed E-state index contributed by atoms with van der Waals surface area (Å²) in [6.45, 7) is 6.73. The first kappa shape index (κ1) is 18.2. The molecule has 0 saturated carbocycles. The van der Waals surface area contributed by atoms with Gasteiger partial charge in [-0.15, -0.1) is 0 Å². The van der Waals surface area contributed by atoms with Crippen LogP contribution >= 0.6 is 0 Å². The van der Waals surface area contributed by atoms with Crippen LogP contribution in [0.25, 0.3) is 0 Å². The summed E-state index contributed by atoms with van der Waals surface area (Å²) in [5, 5.41) is 0. The number of nitrogens with zero attached hydrogens (tertiary/aromatic N) is 5. The SMILES string of the molecule is CCc1nccn1CCC(=O)N1C[C@@H]2CC[C@H]1CN(Cc1cccnc1)C2. The van der Waals surface area contributed by atoms with Crippen molar-refractivity contribution >= 4 is 5.91 Å². The first-order chi connectivity index (χ1) is 13.2. The molecule has 6 nitrogen and oxygen atoms in total. The van der Waals surface area contributed by atoms with Gasteiger partial charge in [-0.25, -0.2) is 4.98 Å². The molecule has 27 heavy (non-hydrogen) atoms. The first-order valence-electron chi connectivity index (χ1n) is 10.1. The van der Waals surface area contributed by atoms with Crippen molar-refractivity contribution in [2.75, 3.05) is 19.6 Å². The predicted molar refractivity (Wildman–Crippen MR) is 104 cm³/mol. The van der Waals surface area contributed by atoms with E-state index in [2.05, 4.69) is 37.3 Å². The second-order valence-corrected chi connectivity index (χ2v) is 7.84. The molecule has 0 N–H and O–H groups in total. The summed E-state index contributed by atoms with van der Waals surface area (Å²) in [5.41, 5.74) is 1.25. The van der Waals surface area contributed by atoms with E-state index in [9.17, 15) is 4.79 Å². The van der Waals surface area contributed by atoms with Crippen LogP contribution in [-0.4, -0.2) is 55.9 Å². The minimum absolute atomic E-state index is 0.295. The number of aryl methyl sites for hydroxylation is 2. The van der Waals surface area contributed by atoms with Gasteiger partial charge in [-0.1, -0.05) is 13.0 Å². The van der Waals surface area contributed by atoms with E-state index in [0.29, 0.717) is 24.3 Å². The van der Waals surface area contributed by atoms with Crippen LogP contribution in [-0.2, 0) is 24.3 Å². The van der Waals surface area contributed by atoms with E-state index in [1.807, 2.05) is 30.9 Å². The third kappa shape index (κ3) is 4.21. The molecular weight excluding hydrogens is 338 g/mol. The van der Waals surface area contributed by atoms with E-state index in [-0.39, 0.29) is 0 Å². The molecule has 2 bridgehead atoms. The zero-order chi connectivity index (χ0) is 18.6. The van der Waals surface area contributed by atoms with E-state index in [1.54, 1.807) is 0 Å². The normalized spacial score (nSPS) is 22.8. The van der Waals surface area contributed by atoms with Gasteiger partial charge in [0.05, 0.1) is 0 Å². The Morgan fingerprint density at radius 1 is 1.22 bits per heavy atom. The maximum Gasteiger partial charge on any atom is 0.224 e. The van der Waals surface area contributed by atoms with Crippen LogP contribution in [0.15, 0.2) is 36.9 Å². The summed E-state index contributed by atoms with van der Waals surface area (Å²) in [4.78, 5) is 26.2. The van der Waals surface area contributed by atoms with Crippen LogP contribution in [0.2, 0.25) is 0 Å². The molecule has 0 aromatic carbocycles. The molecule has 3 aliphatic rings. The molecular formula is C21H29N5O. The fraction of sp³-hybridized carbons (Fsp3) is 0.571. The molecule has 144 valence electrons. The van der Waals surface area contributed by atoms with Crippen molar-refractivity contribution in [3.05, 3.63) is 48.3 Å². The summed E-state index contributed by atoms with van der Waals surface area (Å²) >= 11 is 0. The van der Waals surface area contributed by atoms with Crippen molar-refractivity contribution in [2.24, 2.45) is 5.92 Å². The van der Waals surface area contributed by atoms with Crippen LogP contribution in [0.4, 0.5) is 0 Å². The molecule has 1 amide bonds. The molecule has 2 atom stereocenters. The van der Waals surface area contributed by atoms with E-state index < -0.39 is 0 Å². The van der Waals surface area contributed by atoms with Gasteiger partial charge in [0.2, 0.25) is 5.91 Å². The minimum atomic E-state index is 0.295. The molecule has 3 fully saturated rings. The quantitative estimate of drug-likeness (QED) is 0.786. The van der Waals surface area contributed by atoms with Gasteiger partial charge in [0.1, 0.15) is 5.82 Å². The molecule has 3 aliphatic heterocycles. The lowest BCUT2D eigenvalue weighted by Crippen LogP contribution is -2.47. The number of carbonyl (C=O) groups excluding carboxylic acids is 1. The Bertz CT molecular complexity index is 759. The lowest BCUT2D eigenvalue weighted by Gasteiger charge is -2.36. The number of imidazole rings is 1. The summed E-state index contributed by atoms with van der Waals surface area (Å²) in [6, 6.07) is 4.48. The van der Waals surface area contributed by atoms with Crippen molar-refractivity contribution in [3.63, 3.8) is 0 Å². The molecule has 5 heterocycles. The maximum absolute atomic E-state index is 13.0. The molecule has 2 aromatic rings. The van der Waals surface area contributed by atoms with E-state index in [1.165, 1.54) is 12.0 Å². The van der Waals surface area contributed by atoms with Crippen molar-refractivity contribution in [1.82, 2.24) is 24.3 Å². The van der Waals surface area contributed by atoms with Gasteiger partial charge < -0.3 is 9.47 Å². The average molecular weight is 367 g/mol. The molecule has 2 aromatic heterocycles. The average Bonchev–Trinajstić information content (AvgIpc) is 2.98. The van der Waals surface area contributed by atoms with Gasteiger partial charge in [0.15, 0.2) is 0 Å². The number of hydrogen-bond acceptors (Lipinski definition) is 4. The predicted octanol–water partition coefficient (Wildman–Crippen LogP) is 2.35. The first-order valence-corrected chi connectivity index (χ1v) is 10.1. The largest absolute Gasteiger partial charge is 0.338 e. The number of amides is 1. The van der Waals surface area contributed by atoms with E-state index in [4.69, 9.17) is 0 Å². The van der Waals surface area contributed by atoms with Gasteiger partial charge >= 0.3 is 0 Å². The molecule has 0 radical (unpaired) electrons. The second kappa shape index (κ2) is 8.21. The van der Waals surface area contributed by atoms with Gasteiger partial charge in [-0.3, -0.25) is 14.7 Å². The highest BCUT2D eigenvalue weighted by Crippen LogP contribution is 2.29. The zero-order valence-corrected chi connectivity index (χ0v) is 16.1. The van der Waals surface area contributed by atoms with Crippen LogP contribution in [0.1, 0.15) is 37.6 Å². The summed E-state index contributed by atoms with van der Waals surface area (Å²) < 4.78 is 2.11. The second-order valence-electron chi connectivity index (χ2n) is 7.84. The lowest BCUT2D eigenvalue weighted by atomic mass is 9.94. The fourth-order valence-electron chi connectivity index (χ4n) is 4.58. The molecule has 0 spiro atoms. The van der Waals surface area contributed by atoms with Gasteiger partial charge in [-0.2, -0.15) is 0 Å². The summed E-state index contributed by atoms with van der Waals surface area (Å²) in [7, 11) is 0. The minimum Gasteiger partial charge on any atom is -0.338 e. The van der Waals surface area contributed by atoms with Crippen molar-refractivity contribution in [3.8, 4) is 0 Å².